The molecule has 0 atom stereocenters. The lowest BCUT2D eigenvalue weighted by Crippen LogP contribution is -2.06. The zero-order valence-corrected chi connectivity index (χ0v) is 4.96. The van der Waals surface area contributed by atoms with E-state index in [1.807, 2.05) is 0 Å². The average molecular weight is 140 g/mol. The molecule has 1 nitrogen and oxygen atoms in total. The van der Waals surface area contributed by atoms with E-state index in [2.05, 4.69) is 0 Å². The molecule has 0 aliphatic carbocycles. The minimum absolute atomic E-state index is 0.0903. The first-order valence-corrected chi connectivity index (χ1v) is 2.77. The zero-order valence-electron chi connectivity index (χ0n) is 4.96. The fraction of sp³-hybridized carbons (Fsp3) is 1.00. The predicted molar refractivity (Wildman–Crippen MR) is 27.9 cm³/mol. The smallest absolute Gasteiger partial charge is 0.258 e. The topological polar surface area (TPSA) is 23.8 Å². The summed E-state index contributed by atoms with van der Waals surface area (Å²) < 4.78 is 34.0. The van der Waals surface area contributed by atoms with Gasteiger partial charge in [-0.15, -0.1) is 0 Å². The molecule has 0 aliphatic heterocycles. The van der Waals surface area contributed by atoms with E-state index in [1.165, 1.54) is 0 Å². The van der Waals surface area contributed by atoms with Gasteiger partial charge >= 0.3 is 6.18 Å². The molecule has 0 unspecified atom stereocenters. The van der Waals surface area contributed by atoms with Crippen LogP contribution in [0.4, 0.5) is 13.2 Å². The van der Waals surface area contributed by atoms with Gasteiger partial charge in [0.2, 0.25) is 0 Å². The van der Waals surface area contributed by atoms with Crippen molar-refractivity contribution in [3.63, 3.8) is 0 Å². The number of hydrogen-bond donors (Lipinski definition) is 0. The molecule has 0 saturated carbocycles. The third-order valence-electron chi connectivity index (χ3n) is 0.887. The summed E-state index contributed by atoms with van der Waals surface area (Å²) in [6, 6.07) is 0. The largest absolute Gasteiger partial charge is 0.389 e. The Morgan fingerprint density at radius 2 is 1.67 bits per heavy atom. The summed E-state index contributed by atoms with van der Waals surface area (Å²) >= 11 is 0. The highest BCUT2D eigenvalue weighted by atomic mass is 19.4. The van der Waals surface area contributed by atoms with Crippen LogP contribution in [-0.4, -0.2) is 12.7 Å². The van der Waals surface area contributed by atoms with E-state index >= 15 is 0 Å². The first-order chi connectivity index (χ1) is 4.06. The summed E-state index contributed by atoms with van der Waals surface area (Å²) in [5.41, 5.74) is 6.54. The van der Waals surface area contributed by atoms with Crippen molar-refractivity contribution in [3.05, 3.63) is 0 Å². The van der Waals surface area contributed by atoms with Crippen LogP contribution in [0.15, 0.2) is 0 Å². The molecule has 1 radical (unpaired) electrons. The van der Waals surface area contributed by atoms with E-state index < -0.39 is 12.6 Å². The normalized spacial score (nSPS) is 12.0. The zero-order chi connectivity index (χ0) is 7.33. The van der Waals surface area contributed by atoms with Crippen molar-refractivity contribution in [3.8, 4) is 0 Å². The highest BCUT2D eigenvalue weighted by molar-refractivity contribution is 4.50. The van der Waals surface area contributed by atoms with E-state index in [0.29, 0.717) is 6.42 Å². The second-order valence-electron chi connectivity index (χ2n) is 1.82. The second-order valence-corrected chi connectivity index (χ2v) is 1.82. The molecule has 0 saturated heterocycles. The number of rotatable bonds is 3. The summed E-state index contributed by atoms with van der Waals surface area (Å²) in [6.45, 7) is 0.0933. The Kier molecular flexibility index (Phi) is 3.61. The lowest BCUT2D eigenvalue weighted by molar-refractivity contribution is -0.135. The van der Waals surface area contributed by atoms with E-state index in [1.54, 1.807) is 0 Å². The van der Waals surface area contributed by atoms with Crippen molar-refractivity contribution in [1.82, 2.24) is 5.73 Å². The molecule has 55 valence electrons. The van der Waals surface area contributed by atoms with Crippen LogP contribution in [-0.2, 0) is 0 Å². The molecule has 0 aliphatic rings. The van der Waals surface area contributed by atoms with Crippen molar-refractivity contribution < 1.29 is 13.2 Å². The first-order valence-electron chi connectivity index (χ1n) is 2.77. The van der Waals surface area contributed by atoms with Gasteiger partial charge in [0.25, 0.3) is 0 Å². The number of alkyl halides is 3. The van der Waals surface area contributed by atoms with Crippen LogP contribution in [0.1, 0.15) is 19.3 Å². The van der Waals surface area contributed by atoms with Crippen LogP contribution in [0.5, 0.6) is 0 Å². The summed E-state index contributed by atoms with van der Waals surface area (Å²) in [7, 11) is 0. The Morgan fingerprint density at radius 3 is 2.00 bits per heavy atom. The second kappa shape index (κ2) is 3.71. The molecule has 0 aromatic carbocycles. The van der Waals surface area contributed by atoms with E-state index in [-0.39, 0.29) is 13.0 Å². The summed E-state index contributed by atoms with van der Waals surface area (Å²) in [5.74, 6) is 0. The molecule has 0 spiro atoms. The fourth-order valence-corrected chi connectivity index (χ4v) is 0.450. The maximum Gasteiger partial charge on any atom is 0.389 e. The maximum atomic E-state index is 11.3. The predicted octanol–water partition coefficient (Wildman–Crippen LogP) is 2.00. The van der Waals surface area contributed by atoms with Crippen LogP contribution in [0.3, 0.4) is 0 Å². The van der Waals surface area contributed by atoms with Crippen LogP contribution in [0.2, 0.25) is 0 Å². The van der Waals surface area contributed by atoms with Gasteiger partial charge in [-0.1, -0.05) is 0 Å². The molecule has 4 heteroatoms. The van der Waals surface area contributed by atoms with E-state index in [4.69, 9.17) is 5.73 Å². The van der Waals surface area contributed by atoms with E-state index in [9.17, 15) is 13.2 Å². The van der Waals surface area contributed by atoms with Gasteiger partial charge in [-0.25, -0.2) is 0 Å². The average Bonchev–Trinajstić information content (AvgIpc) is 1.63. The number of hydrogen-bond acceptors (Lipinski definition) is 0. The number of nitrogens with one attached hydrogen (secondary N) is 1. The molecule has 0 fully saturated rings. The minimum Gasteiger partial charge on any atom is -0.258 e. The van der Waals surface area contributed by atoms with Gasteiger partial charge in [-0.05, 0) is 12.8 Å². The fourth-order valence-electron chi connectivity index (χ4n) is 0.450. The molecule has 0 rings (SSSR count). The Balaban J connectivity index is 3.07. The Bertz CT molecular complexity index is 69.1. The first kappa shape index (κ1) is 8.75. The molecule has 0 bridgehead atoms. The SMILES string of the molecule is [NH]CCCCC(F)(F)F. The third kappa shape index (κ3) is 7.75. The van der Waals surface area contributed by atoms with Crippen molar-refractivity contribution >= 4 is 0 Å². The minimum atomic E-state index is -4.03. The lowest BCUT2D eigenvalue weighted by Gasteiger charge is -2.03. The molecule has 0 amide bonds. The molecular weight excluding hydrogens is 131 g/mol. The van der Waals surface area contributed by atoms with Crippen molar-refractivity contribution in [2.45, 2.75) is 25.4 Å². The molecule has 0 aromatic heterocycles. The maximum absolute atomic E-state index is 11.3. The Morgan fingerprint density at radius 1 is 1.11 bits per heavy atom. The molecule has 0 heterocycles. The van der Waals surface area contributed by atoms with Crippen LogP contribution in [0.25, 0.3) is 0 Å². The molecular formula is C5H9F3N. The van der Waals surface area contributed by atoms with E-state index in [0.717, 1.165) is 0 Å². The van der Waals surface area contributed by atoms with Crippen LogP contribution in [0, 0.1) is 0 Å². The number of unbranched alkanes of at least 4 members (excludes halogenated alkanes) is 1. The quantitative estimate of drug-likeness (QED) is 0.535. The van der Waals surface area contributed by atoms with Crippen molar-refractivity contribution in [2.24, 2.45) is 0 Å². The van der Waals surface area contributed by atoms with Crippen molar-refractivity contribution in [1.29, 1.82) is 0 Å². The highest BCUT2D eigenvalue weighted by Crippen LogP contribution is 2.21. The summed E-state index contributed by atoms with van der Waals surface area (Å²) in [6.07, 6.45) is -4.34. The molecule has 0 aromatic rings. The molecule has 1 N–H and O–H groups in total. The van der Waals surface area contributed by atoms with Gasteiger partial charge in [0.1, 0.15) is 0 Å². The summed E-state index contributed by atoms with van der Waals surface area (Å²) in [4.78, 5) is 0. The highest BCUT2D eigenvalue weighted by Gasteiger charge is 2.25. The standard InChI is InChI=1S/C5H9F3N/c6-5(7,8)3-1-2-4-9/h9H,1-4H2. The third-order valence-corrected chi connectivity index (χ3v) is 0.887. The summed E-state index contributed by atoms with van der Waals surface area (Å²) in [5, 5.41) is 0. The Labute approximate surface area is 52.0 Å². The monoisotopic (exact) mass is 140 g/mol. The van der Waals surface area contributed by atoms with Crippen LogP contribution >= 0.6 is 0 Å². The number of halogens is 3. The van der Waals surface area contributed by atoms with Crippen LogP contribution < -0.4 is 5.73 Å². The van der Waals surface area contributed by atoms with Gasteiger partial charge in [0.05, 0.1) is 0 Å². The van der Waals surface area contributed by atoms with Gasteiger partial charge < -0.3 is 0 Å². The van der Waals surface area contributed by atoms with Gasteiger partial charge in [0, 0.05) is 13.0 Å². The van der Waals surface area contributed by atoms with Gasteiger partial charge in [0.15, 0.2) is 0 Å². The lowest BCUT2D eigenvalue weighted by atomic mass is 10.2. The van der Waals surface area contributed by atoms with Gasteiger partial charge in [-0.2, -0.15) is 13.2 Å². The Hall–Kier alpha value is -0.250. The van der Waals surface area contributed by atoms with Gasteiger partial charge in [-0.3, -0.25) is 5.73 Å². The van der Waals surface area contributed by atoms with Crippen molar-refractivity contribution in [2.75, 3.05) is 6.54 Å². The molecule has 9 heavy (non-hydrogen) atoms.